The summed E-state index contributed by atoms with van der Waals surface area (Å²) in [6, 6.07) is 20.5. The number of benzene rings is 3. The van der Waals surface area contributed by atoms with Crippen molar-refractivity contribution in [3.8, 4) is 5.75 Å². The van der Waals surface area contributed by atoms with E-state index in [0.29, 0.717) is 25.3 Å². The number of hydrogen-bond acceptors (Lipinski definition) is 4. The summed E-state index contributed by atoms with van der Waals surface area (Å²) in [6.07, 6.45) is 1.83. The van der Waals surface area contributed by atoms with Gasteiger partial charge in [-0.1, -0.05) is 70.9 Å². The van der Waals surface area contributed by atoms with Gasteiger partial charge in [0.15, 0.2) is 4.96 Å². The van der Waals surface area contributed by atoms with E-state index in [1.165, 1.54) is 11.3 Å². The van der Waals surface area contributed by atoms with E-state index in [4.69, 9.17) is 27.9 Å². The Bertz CT molecular complexity index is 1490. The lowest BCUT2D eigenvalue weighted by Crippen LogP contribution is -2.22. The molecule has 0 saturated carbocycles. The molecule has 0 fully saturated rings. The van der Waals surface area contributed by atoms with E-state index < -0.39 is 0 Å². The summed E-state index contributed by atoms with van der Waals surface area (Å²) in [5.74, 6) is 0.642. The van der Waals surface area contributed by atoms with E-state index in [-0.39, 0.29) is 12.2 Å². The Balaban J connectivity index is 1.55. The van der Waals surface area contributed by atoms with Crippen molar-refractivity contribution < 1.29 is 4.74 Å². The van der Waals surface area contributed by atoms with E-state index >= 15 is 0 Å². The number of hydrogen-bond donors (Lipinski definition) is 0. The molecule has 3 aromatic carbocycles. The van der Waals surface area contributed by atoms with Gasteiger partial charge < -0.3 is 4.74 Å². The van der Waals surface area contributed by atoms with E-state index in [1.807, 2.05) is 54.6 Å². The second kappa shape index (κ2) is 7.76. The Hall–Kier alpha value is -2.86. The van der Waals surface area contributed by atoms with Crippen LogP contribution in [-0.2, 0) is 6.61 Å². The Morgan fingerprint density at radius 3 is 2.53 bits per heavy atom. The molecule has 0 aliphatic carbocycles. The van der Waals surface area contributed by atoms with Crippen molar-refractivity contribution in [1.82, 2.24) is 9.38 Å². The molecule has 0 atom stereocenters. The summed E-state index contributed by atoms with van der Waals surface area (Å²) in [5, 5.41) is 1.11. The molecule has 2 heterocycles. The van der Waals surface area contributed by atoms with Crippen molar-refractivity contribution in [2.45, 2.75) is 6.61 Å². The molecule has 148 valence electrons. The highest BCUT2D eigenvalue weighted by molar-refractivity contribution is 7.15. The zero-order valence-electron chi connectivity index (χ0n) is 15.5. The van der Waals surface area contributed by atoms with Gasteiger partial charge in [-0.05, 0) is 36.4 Å². The van der Waals surface area contributed by atoms with E-state index in [2.05, 4.69) is 4.98 Å². The first-order chi connectivity index (χ1) is 14.6. The Morgan fingerprint density at radius 2 is 1.70 bits per heavy atom. The molecule has 0 spiro atoms. The molecule has 7 heteroatoms. The summed E-state index contributed by atoms with van der Waals surface area (Å²) in [7, 11) is 0. The fourth-order valence-electron chi connectivity index (χ4n) is 3.30. The summed E-state index contributed by atoms with van der Waals surface area (Å²) in [6.45, 7) is 0.228. The fraction of sp³-hybridized carbons (Fsp3) is 0.0435. The molecule has 0 aliphatic heterocycles. The van der Waals surface area contributed by atoms with Crippen LogP contribution in [0.3, 0.4) is 0 Å². The quantitative estimate of drug-likeness (QED) is 0.369. The summed E-state index contributed by atoms with van der Waals surface area (Å²) in [4.78, 5) is 18.2. The second-order valence-electron chi connectivity index (χ2n) is 6.66. The lowest BCUT2D eigenvalue weighted by atomic mass is 10.2. The van der Waals surface area contributed by atoms with Crippen LogP contribution in [0.4, 0.5) is 0 Å². The SMILES string of the molecule is O=c1/c(=C\c2ccccc2OCc2c(Cl)cccc2Cl)sc2nc3ccccc3n12. The van der Waals surface area contributed by atoms with Gasteiger partial charge in [-0.25, -0.2) is 9.38 Å². The zero-order valence-corrected chi connectivity index (χ0v) is 17.8. The number of nitrogens with zero attached hydrogens (tertiary/aromatic N) is 2. The molecular weight excluding hydrogens is 439 g/mol. The largest absolute Gasteiger partial charge is 0.488 e. The maximum Gasteiger partial charge on any atom is 0.274 e. The summed E-state index contributed by atoms with van der Waals surface area (Å²) in [5.41, 5.74) is 3.06. The topological polar surface area (TPSA) is 43.6 Å². The molecule has 0 unspecified atom stereocenters. The second-order valence-corrected chi connectivity index (χ2v) is 8.48. The third kappa shape index (κ3) is 3.35. The minimum atomic E-state index is -0.0901. The Labute approximate surface area is 185 Å². The van der Waals surface area contributed by atoms with Crippen LogP contribution in [0.25, 0.3) is 22.1 Å². The molecule has 0 saturated heterocycles. The number of imidazole rings is 1. The molecule has 0 aliphatic rings. The van der Waals surface area contributed by atoms with Gasteiger partial charge in [0.05, 0.1) is 15.6 Å². The molecule has 30 heavy (non-hydrogen) atoms. The highest BCUT2D eigenvalue weighted by Gasteiger charge is 2.12. The highest BCUT2D eigenvalue weighted by atomic mass is 35.5. The van der Waals surface area contributed by atoms with Crippen LogP contribution in [-0.4, -0.2) is 9.38 Å². The average molecular weight is 453 g/mol. The fourth-order valence-corrected chi connectivity index (χ4v) is 4.79. The smallest absolute Gasteiger partial charge is 0.274 e. The number of rotatable bonds is 4. The minimum absolute atomic E-state index is 0.0901. The normalized spacial score (nSPS) is 12.1. The van der Waals surface area contributed by atoms with Crippen molar-refractivity contribution in [1.29, 1.82) is 0 Å². The third-order valence-corrected chi connectivity index (χ3v) is 6.46. The summed E-state index contributed by atoms with van der Waals surface area (Å²) < 4.78 is 8.25. The van der Waals surface area contributed by atoms with Gasteiger partial charge >= 0.3 is 0 Å². The van der Waals surface area contributed by atoms with Crippen molar-refractivity contribution in [3.05, 3.63) is 103 Å². The predicted molar refractivity (Wildman–Crippen MR) is 123 cm³/mol. The molecule has 0 radical (unpaired) electrons. The maximum absolute atomic E-state index is 13.0. The molecule has 5 aromatic rings. The lowest BCUT2D eigenvalue weighted by molar-refractivity contribution is 0.305. The number of para-hydroxylation sites is 3. The van der Waals surface area contributed by atoms with Gasteiger partial charge in [0, 0.05) is 21.2 Å². The highest BCUT2D eigenvalue weighted by Crippen LogP contribution is 2.27. The van der Waals surface area contributed by atoms with Gasteiger partial charge in [-0.3, -0.25) is 4.79 Å². The van der Waals surface area contributed by atoms with Crippen LogP contribution < -0.4 is 14.8 Å². The monoisotopic (exact) mass is 452 g/mol. The van der Waals surface area contributed by atoms with Gasteiger partial charge in [-0.2, -0.15) is 0 Å². The third-order valence-electron chi connectivity index (χ3n) is 4.78. The Morgan fingerprint density at radius 1 is 0.967 bits per heavy atom. The van der Waals surface area contributed by atoms with E-state index in [9.17, 15) is 4.79 Å². The van der Waals surface area contributed by atoms with Crippen LogP contribution >= 0.6 is 34.5 Å². The molecule has 0 bridgehead atoms. The molecule has 0 amide bonds. The molecule has 4 nitrogen and oxygen atoms in total. The van der Waals surface area contributed by atoms with Crippen molar-refractivity contribution in [3.63, 3.8) is 0 Å². The average Bonchev–Trinajstić information content (AvgIpc) is 3.25. The first-order valence-corrected chi connectivity index (χ1v) is 10.8. The summed E-state index contributed by atoms with van der Waals surface area (Å²) >= 11 is 13.8. The molecule has 5 rings (SSSR count). The first-order valence-electron chi connectivity index (χ1n) is 9.18. The predicted octanol–water partition coefficient (Wildman–Crippen LogP) is 5.34. The van der Waals surface area contributed by atoms with Crippen LogP contribution in [0.5, 0.6) is 5.75 Å². The van der Waals surface area contributed by atoms with Crippen LogP contribution in [0, 0.1) is 0 Å². The molecule has 0 N–H and O–H groups in total. The standard InChI is InChI=1S/C23H14Cl2N2O2S/c24-16-7-5-8-17(25)15(16)13-29-20-11-4-1-6-14(20)12-21-22(28)27-19-10-3-2-9-18(19)26-23(27)30-21/h1-12H,13H2/b21-12+. The van der Waals surface area contributed by atoms with Crippen molar-refractivity contribution in [2.75, 3.05) is 0 Å². The lowest BCUT2D eigenvalue weighted by Gasteiger charge is -2.11. The first kappa shape index (κ1) is 19.1. The van der Waals surface area contributed by atoms with E-state index in [1.54, 1.807) is 22.6 Å². The van der Waals surface area contributed by atoms with Gasteiger partial charge in [0.25, 0.3) is 5.56 Å². The molecule has 2 aromatic heterocycles. The number of halogens is 2. The number of fused-ring (bicyclic) bond motifs is 3. The van der Waals surface area contributed by atoms with Crippen molar-refractivity contribution in [2.24, 2.45) is 0 Å². The Kier molecular flexibility index (Phi) is 4.95. The number of thiazole rings is 1. The number of aromatic nitrogens is 2. The van der Waals surface area contributed by atoms with Crippen LogP contribution in [0.2, 0.25) is 10.0 Å². The zero-order chi connectivity index (χ0) is 20.7. The van der Waals surface area contributed by atoms with Crippen molar-refractivity contribution >= 4 is 56.6 Å². The van der Waals surface area contributed by atoms with Crippen LogP contribution in [0.1, 0.15) is 11.1 Å². The van der Waals surface area contributed by atoms with Crippen LogP contribution in [0.15, 0.2) is 71.5 Å². The minimum Gasteiger partial charge on any atom is -0.488 e. The van der Waals surface area contributed by atoms with Gasteiger partial charge in [0.1, 0.15) is 12.4 Å². The number of ether oxygens (including phenoxy) is 1. The van der Waals surface area contributed by atoms with Gasteiger partial charge in [0.2, 0.25) is 0 Å². The van der Waals surface area contributed by atoms with Gasteiger partial charge in [-0.15, -0.1) is 0 Å². The molecular formula is C23H14Cl2N2O2S. The maximum atomic E-state index is 13.0. The van der Waals surface area contributed by atoms with E-state index in [0.717, 1.165) is 22.2 Å².